The first-order valence-electron chi connectivity index (χ1n) is 5.31. The fourth-order valence-corrected chi connectivity index (χ4v) is 1.32. The zero-order valence-corrected chi connectivity index (χ0v) is 9.59. The predicted molar refractivity (Wildman–Crippen MR) is 62.9 cm³/mol. The number of nitriles is 1. The van der Waals surface area contributed by atoms with Gasteiger partial charge in [-0.05, 0) is 38.2 Å². The summed E-state index contributed by atoms with van der Waals surface area (Å²) >= 11 is 0. The lowest BCUT2D eigenvalue weighted by Crippen LogP contribution is -2.15. The van der Waals surface area contributed by atoms with E-state index in [4.69, 9.17) is 5.26 Å². The standard InChI is InChI=1S/C12H14FN3O/c1-15-6-2-3-12(17)16-11-5-4-9(8-14)7-10(11)13/h4-5,7,15H,2-3,6H2,1H3,(H,16,17). The van der Waals surface area contributed by atoms with Crippen molar-refractivity contribution in [1.29, 1.82) is 5.26 Å². The van der Waals surface area contributed by atoms with Crippen molar-refractivity contribution < 1.29 is 9.18 Å². The van der Waals surface area contributed by atoms with Crippen molar-refractivity contribution in [3.63, 3.8) is 0 Å². The van der Waals surface area contributed by atoms with E-state index in [0.717, 1.165) is 12.6 Å². The normalized spacial score (nSPS) is 9.71. The molecule has 17 heavy (non-hydrogen) atoms. The van der Waals surface area contributed by atoms with Crippen molar-refractivity contribution in [2.75, 3.05) is 18.9 Å². The maximum atomic E-state index is 13.4. The maximum Gasteiger partial charge on any atom is 0.224 e. The van der Waals surface area contributed by atoms with E-state index in [1.165, 1.54) is 12.1 Å². The molecular formula is C12H14FN3O. The lowest BCUT2D eigenvalue weighted by molar-refractivity contribution is -0.116. The van der Waals surface area contributed by atoms with E-state index >= 15 is 0 Å². The zero-order valence-electron chi connectivity index (χ0n) is 9.59. The van der Waals surface area contributed by atoms with Gasteiger partial charge >= 0.3 is 0 Å². The van der Waals surface area contributed by atoms with E-state index in [0.29, 0.717) is 12.8 Å². The van der Waals surface area contributed by atoms with Gasteiger partial charge in [0.15, 0.2) is 0 Å². The quantitative estimate of drug-likeness (QED) is 0.762. The number of carbonyl (C=O) groups is 1. The molecule has 0 radical (unpaired) electrons. The van der Waals surface area contributed by atoms with Crippen LogP contribution in [0, 0.1) is 17.1 Å². The van der Waals surface area contributed by atoms with Crippen LogP contribution in [0.5, 0.6) is 0 Å². The molecule has 0 saturated carbocycles. The Balaban J connectivity index is 2.57. The van der Waals surface area contributed by atoms with Crippen LogP contribution in [0.3, 0.4) is 0 Å². The Morgan fingerprint density at radius 2 is 2.29 bits per heavy atom. The lowest BCUT2D eigenvalue weighted by atomic mass is 10.2. The summed E-state index contributed by atoms with van der Waals surface area (Å²) in [6, 6.07) is 5.79. The number of rotatable bonds is 5. The Bertz CT molecular complexity index is 440. The molecule has 2 N–H and O–H groups in total. The van der Waals surface area contributed by atoms with Crippen molar-refractivity contribution in [3.8, 4) is 6.07 Å². The Hall–Kier alpha value is -1.93. The van der Waals surface area contributed by atoms with Crippen LogP contribution in [0.1, 0.15) is 18.4 Å². The number of benzene rings is 1. The Morgan fingerprint density at radius 3 is 2.88 bits per heavy atom. The van der Waals surface area contributed by atoms with Gasteiger partial charge in [-0.25, -0.2) is 4.39 Å². The van der Waals surface area contributed by atoms with Crippen LogP contribution >= 0.6 is 0 Å². The SMILES string of the molecule is CNCCCC(=O)Nc1ccc(C#N)cc1F. The summed E-state index contributed by atoms with van der Waals surface area (Å²) in [5.74, 6) is -0.824. The average molecular weight is 235 g/mol. The zero-order chi connectivity index (χ0) is 12.7. The lowest BCUT2D eigenvalue weighted by Gasteiger charge is -2.06. The number of nitrogens with zero attached hydrogens (tertiary/aromatic N) is 1. The van der Waals surface area contributed by atoms with E-state index in [2.05, 4.69) is 10.6 Å². The van der Waals surface area contributed by atoms with Crippen LogP contribution in [-0.2, 0) is 4.79 Å². The van der Waals surface area contributed by atoms with Gasteiger partial charge in [-0.3, -0.25) is 4.79 Å². The Labute approximate surface area is 99.4 Å². The molecule has 5 heteroatoms. The van der Waals surface area contributed by atoms with Crippen LogP contribution in [0.15, 0.2) is 18.2 Å². The third-order valence-corrected chi connectivity index (χ3v) is 2.20. The average Bonchev–Trinajstić information content (AvgIpc) is 2.32. The summed E-state index contributed by atoms with van der Waals surface area (Å²) in [5, 5.41) is 14.0. The van der Waals surface area contributed by atoms with Crippen LogP contribution in [0.2, 0.25) is 0 Å². The molecule has 0 aliphatic heterocycles. The van der Waals surface area contributed by atoms with E-state index < -0.39 is 5.82 Å². The van der Waals surface area contributed by atoms with E-state index in [1.807, 2.05) is 6.07 Å². The van der Waals surface area contributed by atoms with Gasteiger partial charge in [0.1, 0.15) is 5.82 Å². The fourth-order valence-electron chi connectivity index (χ4n) is 1.32. The minimum atomic E-state index is -0.592. The molecule has 0 bridgehead atoms. The fraction of sp³-hybridized carbons (Fsp3) is 0.333. The highest BCUT2D eigenvalue weighted by atomic mass is 19.1. The van der Waals surface area contributed by atoms with E-state index in [9.17, 15) is 9.18 Å². The minimum absolute atomic E-state index is 0.110. The molecule has 1 aromatic carbocycles. The molecular weight excluding hydrogens is 221 g/mol. The minimum Gasteiger partial charge on any atom is -0.324 e. The maximum absolute atomic E-state index is 13.4. The highest BCUT2D eigenvalue weighted by Gasteiger charge is 2.07. The van der Waals surface area contributed by atoms with Crippen molar-refractivity contribution in [2.45, 2.75) is 12.8 Å². The second-order valence-electron chi connectivity index (χ2n) is 3.56. The van der Waals surface area contributed by atoms with Crippen molar-refractivity contribution in [1.82, 2.24) is 5.32 Å². The number of nitrogens with one attached hydrogen (secondary N) is 2. The molecule has 0 aromatic heterocycles. The van der Waals surface area contributed by atoms with Crippen LogP contribution in [-0.4, -0.2) is 19.5 Å². The third kappa shape index (κ3) is 4.21. The van der Waals surface area contributed by atoms with Crippen molar-refractivity contribution in [2.24, 2.45) is 0 Å². The molecule has 0 heterocycles. The summed E-state index contributed by atoms with van der Waals surface area (Å²) in [5.41, 5.74) is 0.342. The molecule has 0 saturated heterocycles. The summed E-state index contributed by atoms with van der Waals surface area (Å²) in [6.45, 7) is 0.739. The van der Waals surface area contributed by atoms with Gasteiger partial charge < -0.3 is 10.6 Å². The number of carbonyl (C=O) groups excluding carboxylic acids is 1. The highest BCUT2D eigenvalue weighted by molar-refractivity contribution is 5.90. The van der Waals surface area contributed by atoms with Gasteiger partial charge in [-0.15, -0.1) is 0 Å². The number of hydrogen-bond acceptors (Lipinski definition) is 3. The largest absolute Gasteiger partial charge is 0.324 e. The number of anilines is 1. The monoisotopic (exact) mass is 235 g/mol. The molecule has 0 spiro atoms. The molecule has 0 aliphatic rings. The van der Waals surface area contributed by atoms with Crippen LogP contribution < -0.4 is 10.6 Å². The molecule has 0 atom stereocenters. The van der Waals surface area contributed by atoms with Gasteiger partial charge in [0.2, 0.25) is 5.91 Å². The summed E-state index contributed by atoms with van der Waals surface area (Å²) in [4.78, 5) is 11.4. The molecule has 0 aliphatic carbocycles. The van der Waals surface area contributed by atoms with E-state index in [-0.39, 0.29) is 17.2 Å². The third-order valence-electron chi connectivity index (χ3n) is 2.20. The molecule has 0 fully saturated rings. The summed E-state index contributed by atoms with van der Waals surface area (Å²) in [7, 11) is 1.80. The molecule has 4 nitrogen and oxygen atoms in total. The Morgan fingerprint density at radius 1 is 1.53 bits per heavy atom. The van der Waals surface area contributed by atoms with Crippen LogP contribution in [0.25, 0.3) is 0 Å². The second kappa shape index (κ2) is 6.61. The molecule has 1 rings (SSSR count). The van der Waals surface area contributed by atoms with Gasteiger partial charge in [0.05, 0.1) is 17.3 Å². The molecule has 1 aromatic rings. The number of amides is 1. The van der Waals surface area contributed by atoms with Gasteiger partial charge in [0.25, 0.3) is 0 Å². The topological polar surface area (TPSA) is 64.9 Å². The van der Waals surface area contributed by atoms with Crippen molar-refractivity contribution >= 4 is 11.6 Å². The molecule has 1 amide bonds. The first kappa shape index (κ1) is 13.1. The van der Waals surface area contributed by atoms with Crippen molar-refractivity contribution in [3.05, 3.63) is 29.6 Å². The number of halogens is 1. The van der Waals surface area contributed by atoms with E-state index in [1.54, 1.807) is 7.05 Å². The molecule has 0 unspecified atom stereocenters. The van der Waals surface area contributed by atoms with Gasteiger partial charge in [0, 0.05) is 6.42 Å². The first-order valence-corrected chi connectivity index (χ1v) is 5.31. The summed E-state index contributed by atoms with van der Waals surface area (Å²) in [6.07, 6.45) is 1.03. The number of hydrogen-bond donors (Lipinski definition) is 2. The first-order chi connectivity index (χ1) is 8.17. The van der Waals surface area contributed by atoms with Gasteiger partial charge in [-0.1, -0.05) is 0 Å². The Kier molecular flexibility index (Phi) is 5.11. The smallest absolute Gasteiger partial charge is 0.224 e. The summed E-state index contributed by atoms with van der Waals surface area (Å²) < 4.78 is 13.4. The van der Waals surface area contributed by atoms with Crippen LogP contribution in [0.4, 0.5) is 10.1 Å². The predicted octanol–water partition coefficient (Wildman–Crippen LogP) is 1.64. The van der Waals surface area contributed by atoms with Gasteiger partial charge in [-0.2, -0.15) is 5.26 Å². The second-order valence-corrected chi connectivity index (χ2v) is 3.56. The molecule has 90 valence electrons. The highest BCUT2D eigenvalue weighted by Crippen LogP contribution is 2.15.